The standard InChI is InChI=1S/C14H9ClNO2S/c15-14-7-12(5-6-13(14)9-19(17)18)11-3-1-10(8-16)2-4-11/h1-5,7,19H,9H2. The van der Waals surface area contributed by atoms with Crippen LogP contribution < -0.4 is 0 Å². The summed E-state index contributed by atoms with van der Waals surface area (Å²) in [6.45, 7) is 0. The van der Waals surface area contributed by atoms with Gasteiger partial charge in [0.25, 0.3) is 0 Å². The molecule has 0 N–H and O–H groups in total. The van der Waals surface area contributed by atoms with E-state index < -0.39 is 10.7 Å². The Morgan fingerprint density at radius 2 is 1.89 bits per heavy atom. The monoisotopic (exact) mass is 290 g/mol. The Hall–Kier alpha value is -1.83. The smallest absolute Gasteiger partial charge is 0.144 e. The maximum Gasteiger partial charge on any atom is 0.144 e. The minimum Gasteiger partial charge on any atom is -0.232 e. The van der Waals surface area contributed by atoms with E-state index in [1.54, 1.807) is 24.3 Å². The fourth-order valence-corrected chi connectivity index (χ4v) is 2.51. The number of rotatable bonds is 3. The first kappa shape index (κ1) is 13.6. The molecule has 1 radical (unpaired) electrons. The van der Waals surface area contributed by atoms with Crippen LogP contribution in [-0.2, 0) is 16.5 Å². The SMILES string of the molecule is N#Cc1ccc(-c2c[c]c(C[SH](=O)=O)c(Cl)c2)cc1. The van der Waals surface area contributed by atoms with Crippen molar-refractivity contribution in [3.05, 3.63) is 58.6 Å². The van der Waals surface area contributed by atoms with E-state index in [0.29, 0.717) is 16.1 Å². The van der Waals surface area contributed by atoms with Crippen molar-refractivity contribution in [2.75, 3.05) is 0 Å². The van der Waals surface area contributed by atoms with Gasteiger partial charge in [-0.15, -0.1) is 0 Å². The second-order valence-corrected chi connectivity index (χ2v) is 5.28. The van der Waals surface area contributed by atoms with E-state index in [9.17, 15) is 8.42 Å². The molecule has 2 aromatic rings. The van der Waals surface area contributed by atoms with E-state index in [1.807, 2.05) is 18.2 Å². The molecule has 0 aliphatic rings. The summed E-state index contributed by atoms with van der Waals surface area (Å²) in [6, 6.07) is 15.4. The summed E-state index contributed by atoms with van der Waals surface area (Å²) >= 11 is 6.03. The summed E-state index contributed by atoms with van der Waals surface area (Å²) in [5.74, 6) is -0.109. The van der Waals surface area contributed by atoms with E-state index in [0.717, 1.165) is 11.1 Å². The van der Waals surface area contributed by atoms with Gasteiger partial charge >= 0.3 is 0 Å². The van der Waals surface area contributed by atoms with Gasteiger partial charge in [0.1, 0.15) is 10.7 Å². The Bertz CT molecular complexity index is 707. The summed E-state index contributed by atoms with van der Waals surface area (Å²) in [5, 5.41) is 9.10. The number of nitriles is 1. The van der Waals surface area contributed by atoms with E-state index in [2.05, 4.69) is 6.07 Å². The van der Waals surface area contributed by atoms with Gasteiger partial charge in [0.05, 0.1) is 17.4 Å². The van der Waals surface area contributed by atoms with Gasteiger partial charge in [0, 0.05) is 5.02 Å². The second-order valence-electron chi connectivity index (χ2n) is 3.89. The van der Waals surface area contributed by atoms with Crippen molar-refractivity contribution < 1.29 is 8.42 Å². The molecular weight excluding hydrogens is 282 g/mol. The molecule has 0 unspecified atom stereocenters. The lowest BCUT2D eigenvalue weighted by Crippen LogP contribution is -1.89. The van der Waals surface area contributed by atoms with Gasteiger partial charge < -0.3 is 0 Å². The highest BCUT2D eigenvalue weighted by Gasteiger charge is 2.05. The van der Waals surface area contributed by atoms with Crippen LogP contribution in [0, 0.1) is 17.4 Å². The lowest BCUT2D eigenvalue weighted by Gasteiger charge is -2.05. The average Bonchev–Trinajstić information content (AvgIpc) is 2.41. The van der Waals surface area contributed by atoms with E-state index in [4.69, 9.17) is 16.9 Å². The molecule has 0 heterocycles. The zero-order valence-electron chi connectivity index (χ0n) is 9.76. The molecule has 0 fully saturated rings. The summed E-state index contributed by atoms with van der Waals surface area (Å²) in [7, 11) is -2.52. The molecule has 0 aliphatic carbocycles. The average molecular weight is 291 g/mol. The Kier molecular flexibility index (Phi) is 4.20. The third kappa shape index (κ3) is 3.34. The first-order valence-corrected chi connectivity index (χ1v) is 7.16. The van der Waals surface area contributed by atoms with Crippen LogP contribution in [0.25, 0.3) is 11.1 Å². The Balaban J connectivity index is 2.35. The second kappa shape index (κ2) is 5.87. The molecule has 2 rings (SSSR count). The van der Waals surface area contributed by atoms with Gasteiger partial charge in [0.15, 0.2) is 0 Å². The van der Waals surface area contributed by atoms with E-state index in [1.165, 1.54) is 0 Å². The third-order valence-electron chi connectivity index (χ3n) is 2.61. The predicted molar refractivity (Wildman–Crippen MR) is 74.5 cm³/mol. The minimum absolute atomic E-state index is 0.109. The first-order chi connectivity index (χ1) is 9.10. The quantitative estimate of drug-likeness (QED) is 0.884. The number of hydrogen-bond donors (Lipinski definition) is 1. The maximum atomic E-state index is 10.7. The first-order valence-electron chi connectivity index (χ1n) is 5.42. The molecular formula is C14H9ClNO2S. The fraction of sp³-hybridized carbons (Fsp3) is 0.0714. The molecule has 0 amide bonds. The molecule has 0 bridgehead atoms. The maximum absolute atomic E-state index is 10.7. The van der Waals surface area contributed by atoms with Gasteiger partial charge in [-0.3, -0.25) is 0 Å². The Labute approximate surface area is 118 Å². The van der Waals surface area contributed by atoms with Gasteiger partial charge in [-0.1, -0.05) is 23.7 Å². The van der Waals surface area contributed by atoms with Gasteiger partial charge in [-0.2, -0.15) is 5.26 Å². The molecule has 95 valence electrons. The molecule has 0 saturated heterocycles. The van der Waals surface area contributed by atoms with Crippen LogP contribution in [0.15, 0.2) is 36.4 Å². The van der Waals surface area contributed by atoms with Crippen LogP contribution in [0.5, 0.6) is 0 Å². The van der Waals surface area contributed by atoms with E-state index >= 15 is 0 Å². The van der Waals surface area contributed by atoms with Crippen molar-refractivity contribution in [1.82, 2.24) is 0 Å². The minimum atomic E-state index is -2.52. The van der Waals surface area contributed by atoms with Gasteiger partial charge in [-0.25, -0.2) is 8.42 Å². The summed E-state index contributed by atoms with van der Waals surface area (Å²) < 4.78 is 21.3. The number of nitrogens with zero attached hydrogens (tertiary/aromatic N) is 1. The number of halogens is 1. The van der Waals surface area contributed by atoms with Gasteiger partial charge in [-0.05, 0) is 47.0 Å². The van der Waals surface area contributed by atoms with Crippen molar-refractivity contribution in [1.29, 1.82) is 5.26 Å². The fourth-order valence-electron chi connectivity index (χ4n) is 1.65. The Morgan fingerprint density at radius 1 is 1.21 bits per heavy atom. The van der Waals surface area contributed by atoms with Crippen LogP contribution in [0.1, 0.15) is 11.1 Å². The molecule has 5 heteroatoms. The molecule has 0 aliphatic heterocycles. The zero-order valence-corrected chi connectivity index (χ0v) is 11.4. The van der Waals surface area contributed by atoms with Crippen LogP contribution in [-0.4, -0.2) is 8.42 Å². The van der Waals surface area contributed by atoms with Crippen molar-refractivity contribution >= 4 is 22.3 Å². The van der Waals surface area contributed by atoms with Gasteiger partial charge in [0.2, 0.25) is 0 Å². The lowest BCUT2D eigenvalue weighted by molar-refractivity contribution is 0.614. The molecule has 0 spiro atoms. The summed E-state index contributed by atoms with van der Waals surface area (Å²) in [6.07, 6.45) is 0. The van der Waals surface area contributed by atoms with Crippen molar-refractivity contribution in [3.8, 4) is 17.2 Å². The molecule has 2 aromatic carbocycles. The van der Waals surface area contributed by atoms with Crippen LogP contribution in [0.3, 0.4) is 0 Å². The summed E-state index contributed by atoms with van der Waals surface area (Å²) in [4.78, 5) is 0. The topological polar surface area (TPSA) is 57.9 Å². The normalized spacial score (nSPS) is 10.4. The van der Waals surface area contributed by atoms with Crippen LogP contribution in [0.4, 0.5) is 0 Å². The van der Waals surface area contributed by atoms with Crippen LogP contribution >= 0.6 is 11.6 Å². The van der Waals surface area contributed by atoms with E-state index in [-0.39, 0.29) is 5.75 Å². The van der Waals surface area contributed by atoms with Crippen molar-refractivity contribution in [2.24, 2.45) is 0 Å². The largest absolute Gasteiger partial charge is 0.232 e. The molecule has 19 heavy (non-hydrogen) atoms. The van der Waals surface area contributed by atoms with Crippen LogP contribution in [0.2, 0.25) is 5.02 Å². The molecule has 3 nitrogen and oxygen atoms in total. The number of hydrogen-bond acceptors (Lipinski definition) is 3. The highest BCUT2D eigenvalue weighted by molar-refractivity contribution is 7.71. The summed E-state index contributed by atoms with van der Waals surface area (Å²) in [5.41, 5.74) is 2.78. The molecule has 0 saturated carbocycles. The Morgan fingerprint density at radius 3 is 2.42 bits per heavy atom. The highest BCUT2D eigenvalue weighted by Crippen LogP contribution is 2.26. The molecule has 0 aromatic heterocycles. The third-order valence-corrected chi connectivity index (χ3v) is 3.52. The van der Waals surface area contributed by atoms with Crippen molar-refractivity contribution in [3.63, 3.8) is 0 Å². The highest BCUT2D eigenvalue weighted by atomic mass is 35.5. The number of benzene rings is 2. The zero-order chi connectivity index (χ0) is 13.8. The predicted octanol–water partition coefficient (Wildman–Crippen LogP) is 2.79. The molecule has 0 atom stereocenters. The number of thiol groups is 1. The van der Waals surface area contributed by atoms with Crippen molar-refractivity contribution in [2.45, 2.75) is 5.75 Å². The lowest BCUT2D eigenvalue weighted by atomic mass is 10.0.